The molecule has 1 aromatic rings. The number of aliphatic imine (C=N–C) groups is 1. The molecule has 1 unspecified atom stereocenters. The van der Waals surface area contributed by atoms with Gasteiger partial charge in [0.05, 0.1) is 19.1 Å². The number of ether oxygens (including phenoxy) is 2. The van der Waals surface area contributed by atoms with Crippen LogP contribution in [0.3, 0.4) is 0 Å². The standard InChI is InChI=1S/C20H27NO4/c1-3-16(20(22)23)17-10-14(12-21-17)13-8-9-18(24-2)19(11-13)25-15-6-4-5-7-15/h8-9,11,14-16H,3-7,10,12H2,1-2H3,(H,22,23)/t14-,16?/m1/s1. The number of nitrogens with zero attached hydrogens (tertiary/aromatic N) is 1. The van der Waals surface area contributed by atoms with Gasteiger partial charge < -0.3 is 14.6 Å². The van der Waals surface area contributed by atoms with Gasteiger partial charge in [-0.3, -0.25) is 9.79 Å². The molecule has 1 aliphatic carbocycles. The number of aliphatic carboxylic acids is 1. The number of carboxylic acid groups (broad SMARTS) is 1. The minimum Gasteiger partial charge on any atom is -0.493 e. The normalized spacial score (nSPS) is 21.8. The van der Waals surface area contributed by atoms with Crippen molar-refractivity contribution in [3.05, 3.63) is 23.8 Å². The van der Waals surface area contributed by atoms with Gasteiger partial charge in [0.15, 0.2) is 11.5 Å². The summed E-state index contributed by atoms with van der Waals surface area (Å²) >= 11 is 0. The van der Waals surface area contributed by atoms with Gasteiger partial charge in [-0.05, 0) is 56.2 Å². The van der Waals surface area contributed by atoms with Gasteiger partial charge in [0.2, 0.25) is 0 Å². The van der Waals surface area contributed by atoms with Crippen molar-refractivity contribution in [1.29, 1.82) is 0 Å². The molecule has 0 spiro atoms. The van der Waals surface area contributed by atoms with Crippen molar-refractivity contribution in [2.75, 3.05) is 13.7 Å². The summed E-state index contributed by atoms with van der Waals surface area (Å²) in [6.07, 6.45) is 6.21. The van der Waals surface area contributed by atoms with Crippen LogP contribution in [0.1, 0.15) is 56.9 Å². The Hall–Kier alpha value is -2.04. The maximum atomic E-state index is 11.4. The molecule has 5 nitrogen and oxygen atoms in total. The summed E-state index contributed by atoms with van der Waals surface area (Å²) in [6.45, 7) is 2.55. The van der Waals surface area contributed by atoms with Gasteiger partial charge in [0.1, 0.15) is 0 Å². The molecule has 0 aromatic heterocycles. The van der Waals surface area contributed by atoms with Crippen molar-refractivity contribution in [2.45, 2.75) is 57.5 Å². The molecule has 2 aliphatic rings. The van der Waals surface area contributed by atoms with Gasteiger partial charge in [-0.2, -0.15) is 0 Å². The quantitative estimate of drug-likeness (QED) is 0.809. The van der Waals surface area contributed by atoms with E-state index in [1.165, 1.54) is 12.8 Å². The fourth-order valence-corrected chi connectivity index (χ4v) is 3.86. The number of methoxy groups -OCH3 is 1. The lowest BCUT2D eigenvalue weighted by Gasteiger charge is -2.18. The van der Waals surface area contributed by atoms with Crippen LogP contribution >= 0.6 is 0 Å². The topological polar surface area (TPSA) is 68.1 Å². The molecule has 1 aromatic carbocycles. The zero-order valence-electron chi connectivity index (χ0n) is 15.0. The maximum absolute atomic E-state index is 11.4. The van der Waals surface area contributed by atoms with E-state index < -0.39 is 11.9 Å². The SMILES string of the molecule is CCC(C(=O)O)C1=NC[C@H](c2ccc(OC)c(OC3CCCC3)c2)C1. The monoisotopic (exact) mass is 345 g/mol. The number of benzene rings is 1. The van der Waals surface area contributed by atoms with E-state index in [-0.39, 0.29) is 12.0 Å². The summed E-state index contributed by atoms with van der Waals surface area (Å²) < 4.78 is 11.6. The number of carboxylic acids is 1. The lowest BCUT2D eigenvalue weighted by molar-refractivity contribution is -0.139. The second-order valence-corrected chi connectivity index (χ2v) is 6.97. The summed E-state index contributed by atoms with van der Waals surface area (Å²) in [4.78, 5) is 15.9. The van der Waals surface area contributed by atoms with Gasteiger partial charge in [-0.25, -0.2) is 0 Å². The molecule has 0 radical (unpaired) electrons. The maximum Gasteiger partial charge on any atom is 0.312 e. The smallest absolute Gasteiger partial charge is 0.312 e. The fraction of sp³-hybridized carbons (Fsp3) is 0.600. The zero-order valence-corrected chi connectivity index (χ0v) is 15.0. The molecule has 5 heteroatoms. The summed E-state index contributed by atoms with van der Waals surface area (Å²) in [7, 11) is 1.66. The highest BCUT2D eigenvalue weighted by Gasteiger charge is 2.30. The highest BCUT2D eigenvalue weighted by Crippen LogP contribution is 2.37. The molecule has 136 valence electrons. The minimum atomic E-state index is -0.776. The lowest BCUT2D eigenvalue weighted by Crippen LogP contribution is -2.22. The molecule has 0 saturated heterocycles. The number of hydrogen-bond acceptors (Lipinski definition) is 4. The van der Waals surface area contributed by atoms with Crippen LogP contribution < -0.4 is 9.47 Å². The van der Waals surface area contributed by atoms with Gasteiger partial charge in [0.25, 0.3) is 0 Å². The van der Waals surface area contributed by atoms with Crippen LogP contribution in [0, 0.1) is 5.92 Å². The zero-order chi connectivity index (χ0) is 17.8. The Labute approximate surface area is 149 Å². The molecule has 1 saturated carbocycles. The Morgan fingerprint density at radius 3 is 2.72 bits per heavy atom. The van der Waals surface area contributed by atoms with E-state index in [1.54, 1.807) is 7.11 Å². The molecule has 1 N–H and O–H groups in total. The van der Waals surface area contributed by atoms with Crippen LogP contribution in [-0.2, 0) is 4.79 Å². The molecule has 0 bridgehead atoms. The molecule has 3 rings (SSSR count). The molecular weight excluding hydrogens is 318 g/mol. The van der Waals surface area contributed by atoms with Gasteiger partial charge in [-0.1, -0.05) is 13.0 Å². The minimum absolute atomic E-state index is 0.222. The first-order valence-electron chi connectivity index (χ1n) is 9.23. The van der Waals surface area contributed by atoms with Gasteiger partial charge in [-0.15, -0.1) is 0 Å². The molecule has 1 fully saturated rings. The summed E-state index contributed by atoms with van der Waals surface area (Å²) in [6, 6.07) is 6.05. The number of carbonyl (C=O) groups is 1. The second kappa shape index (κ2) is 7.89. The number of rotatable bonds is 7. The average Bonchev–Trinajstić information content (AvgIpc) is 3.27. The largest absolute Gasteiger partial charge is 0.493 e. The summed E-state index contributed by atoms with van der Waals surface area (Å²) in [5.74, 6) is 0.539. The molecule has 25 heavy (non-hydrogen) atoms. The predicted molar refractivity (Wildman–Crippen MR) is 97.0 cm³/mol. The van der Waals surface area contributed by atoms with Crippen molar-refractivity contribution in [3.8, 4) is 11.5 Å². The van der Waals surface area contributed by atoms with Crippen LogP contribution in [0.25, 0.3) is 0 Å². The highest BCUT2D eigenvalue weighted by atomic mass is 16.5. The average molecular weight is 345 g/mol. The third-order valence-electron chi connectivity index (χ3n) is 5.33. The fourth-order valence-electron chi connectivity index (χ4n) is 3.86. The molecule has 1 aliphatic heterocycles. The first kappa shape index (κ1) is 17.8. The third kappa shape index (κ3) is 3.97. The van der Waals surface area contributed by atoms with E-state index in [1.807, 2.05) is 19.1 Å². The van der Waals surface area contributed by atoms with Crippen LogP contribution in [0.15, 0.2) is 23.2 Å². The Balaban J connectivity index is 1.73. The molecule has 1 heterocycles. The second-order valence-electron chi connectivity index (χ2n) is 6.97. The van der Waals surface area contributed by atoms with E-state index in [0.717, 1.165) is 35.6 Å². The van der Waals surface area contributed by atoms with E-state index in [4.69, 9.17) is 9.47 Å². The number of hydrogen-bond donors (Lipinski definition) is 1. The van der Waals surface area contributed by atoms with E-state index >= 15 is 0 Å². The van der Waals surface area contributed by atoms with Crippen LogP contribution in [-0.4, -0.2) is 36.5 Å². The first-order valence-corrected chi connectivity index (χ1v) is 9.23. The summed E-state index contributed by atoms with van der Waals surface area (Å²) in [5.41, 5.74) is 1.96. The predicted octanol–water partition coefficient (Wildman–Crippen LogP) is 4.06. The molecular formula is C20H27NO4. The van der Waals surface area contributed by atoms with Crippen LogP contribution in [0.4, 0.5) is 0 Å². The van der Waals surface area contributed by atoms with Crippen molar-refractivity contribution in [3.63, 3.8) is 0 Å². The highest BCUT2D eigenvalue weighted by molar-refractivity contribution is 6.02. The molecule has 0 amide bonds. The lowest BCUT2D eigenvalue weighted by atomic mass is 9.90. The van der Waals surface area contributed by atoms with Gasteiger partial charge >= 0.3 is 5.97 Å². The van der Waals surface area contributed by atoms with Crippen molar-refractivity contribution in [2.24, 2.45) is 10.9 Å². The van der Waals surface area contributed by atoms with Crippen LogP contribution in [0.2, 0.25) is 0 Å². The molecule has 2 atom stereocenters. The van der Waals surface area contributed by atoms with Crippen molar-refractivity contribution in [1.82, 2.24) is 0 Å². The first-order chi connectivity index (χ1) is 12.1. The Morgan fingerprint density at radius 1 is 1.32 bits per heavy atom. The summed E-state index contributed by atoms with van der Waals surface area (Å²) in [5, 5.41) is 9.34. The Morgan fingerprint density at radius 2 is 2.08 bits per heavy atom. The Bertz CT molecular complexity index is 649. The van der Waals surface area contributed by atoms with Gasteiger partial charge in [0, 0.05) is 18.2 Å². The van der Waals surface area contributed by atoms with Crippen molar-refractivity contribution >= 4 is 11.7 Å². The van der Waals surface area contributed by atoms with E-state index in [2.05, 4.69) is 11.1 Å². The Kier molecular flexibility index (Phi) is 5.61. The van der Waals surface area contributed by atoms with Crippen molar-refractivity contribution < 1.29 is 19.4 Å². The van der Waals surface area contributed by atoms with E-state index in [0.29, 0.717) is 19.4 Å². The third-order valence-corrected chi connectivity index (χ3v) is 5.33. The van der Waals surface area contributed by atoms with E-state index in [9.17, 15) is 9.90 Å². The van der Waals surface area contributed by atoms with Crippen LogP contribution in [0.5, 0.6) is 11.5 Å².